The molecule has 5 nitrogen and oxygen atoms in total. The molecule has 5 heteroatoms. The number of rotatable bonds is 9. The molecule has 0 unspecified atom stereocenters. The first-order valence-electron chi connectivity index (χ1n) is 10.4. The van der Waals surface area contributed by atoms with Crippen LogP contribution in [0.3, 0.4) is 0 Å². The number of carbonyl (C=O) groups excluding carboxylic acids is 1. The minimum absolute atomic E-state index is 0.00572. The molecule has 1 aromatic carbocycles. The molecule has 29 heavy (non-hydrogen) atoms. The van der Waals surface area contributed by atoms with Crippen LogP contribution in [-0.2, 0) is 11.2 Å². The lowest BCUT2D eigenvalue weighted by Gasteiger charge is -2.23. The smallest absolute Gasteiger partial charge is 0.335 e. The van der Waals surface area contributed by atoms with Crippen molar-refractivity contribution in [3.63, 3.8) is 0 Å². The quantitative estimate of drug-likeness (QED) is 0.492. The van der Waals surface area contributed by atoms with Gasteiger partial charge in [0.15, 0.2) is 0 Å². The monoisotopic (exact) mass is 397 g/mol. The fourth-order valence-electron chi connectivity index (χ4n) is 3.31. The van der Waals surface area contributed by atoms with Crippen LogP contribution in [0.5, 0.6) is 0 Å². The van der Waals surface area contributed by atoms with Crippen LogP contribution in [0.1, 0.15) is 61.9 Å². The Morgan fingerprint density at radius 3 is 2.69 bits per heavy atom. The first kappa shape index (κ1) is 22.7. The number of nitrogens with zero attached hydrogens (tertiary/aromatic N) is 1. The van der Waals surface area contributed by atoms with E-state index in [4.69, 9.17) is 5.11 Å². The SMILES string of the molecule is CCCC#CC[C@H](C)[C@H](O)/C=C/[C@H]1CCC(=O)N1CCc1ccc(C(=O)O)cc1. The van der Waals surface area contributed by atoms with Crippen molar-refractivity contribution in [2.45, 2.75) is 64.5 Å². The van der Waals surface area contributed by atoms with E-state index in [1.165, 1.54) is 0 Å². The Bertz CT molecular complexity index is 772. The fourth-order valence-corrected chi connectivity index (χ4v) is 3.31. The number of hydrogen-bond donors (Lipinski definition) is 2. The van der Waals surface area contributed by atoms with Gasteiger partial charge in [-0.25, -0.2) is 4.79 Å². The van der Waals surface area contributed by atoms with Crippen LogP contribution in [-0.4, -0.2) is 45.7 Å². The third-order valence-electron chi connectivity index (χ3n) is 5.25. The standard InChI is InChI=1S/C24H31NO4/c1-3-4-5-6-7-18(2)22(26)14-12-21-13-15-23(27)25(21)17-16-19-8-10-20(11-9-19)24(28)29/h8-12,14,18,21-22,26H,3-4,7,13,15-17H2,1-2H3,(H,28,29)/b14-12+/t18-,21-,22+/m0/s1. The number of hydrogen-bond acceptors (Lipinski definition) is 3. The molecule has 0 aliphatic carbocycles. The van der Waals surface area contributed by atoms with Gasteiger partial charge in [0.05, 0.1) is 17.7 Å². The van der Waals surface area contributed by atoms with E-state index in [1.807, 2.05) is 17.9 Å². The van der Waals surface area contributed by atoms with Crippen LogP contribution in [0.15, 0.2) is 36.4 Å². The molecule has 0 radical (unpaired) electrons. The van der Waals surface area contributed by atoms with Crippen molar-refractivity contribution in [3.8, 4) is 11.8 Å². The second-order valence-corrected chi connectivity index (χ2v) is 7.61. The predicted molar refractivity (Wildman–Crippen MR) is 113 cm³/mol. The van der Waals surface area contributed by atoms with Gasteiger partial charge in [-0.05, 0) is 42.9 Å². The van der Waals surface area contributed by atoms with Gasteiger partial charge in [0, 0.05) is 25.8 Å². The summed E-state index contributed by atoms with van der Waals surface area (Å²) in [6, 6.07) is 6.75. The van der Waals surface area contributed by atoms with Gasteiger partial charge in [-0.2, -0.15) is 0 Å². The van der Waals surface area contributed by atoms with E-state index in [0.29, 0.717) is 25.8 Å². The highest BCUT2D eigenvalue weighted by Gasteiger charge is 2.28. The molecule has 2 rings (SSSR count). The van der Waals surface area contributed by atoms with Crippen molar-refractivity contribution in [1.82, 2.24) is 4.90 Å². The number of amides is 1. The molecule has 0 saturated carbocycles. The van der Waals surface area contributed by atoms with Gasteiger partial charge in [-0.3, -0.25) is 4.79 Å². The number of carboxylic acid groups (broad SMARTS) is 1. The summed E-state index contributed by atoms with van der Waals surface area (Å²) >= 11 is 0. The molecule has 0 spiro atoms. The van der Waals surface area contributed by atoms with Crippen molar-refractivity contribution in [1.29, 1.82) is 0 Å². The largest absolute Gasteiger partial charge is 0.478 e. The summed E-state index contributed by atoms with van der Waals surface area (Å²) in [5.41, 5.74) is 1.26. The second kappa shape index (κ2) is 11.4. The summed E-state index contributed by atoms with van der Waals surface area (Å²) in [6.45, 7) is 4.65. The summed E-state index contributed by atoms with van der Waals surface area (Å²) in [6.07, 6.45) is 7.69. The number of carboxylic acids is 1. The van der Waals surface area contributed by atoms with Crippen molar-refractivity contribution in [3.05, 3.63) is 47.5 Å². The molecule has 3 atom stereocenters. The molecule has 0 aromatic heterocycles. The van der Waals surface area contributed by atoms with Crippen molar-refractivity contribution < 1.29 is 19.8 Å². The van der Waals surface area contributed by atoms with E-state index in [9.17, 15) is 14.7 Å². The lowest BCUT2D eigenvalue weighted by molar-refractivity contribution is -0.128. The molecular weight excluding hydrogens is 366 g/mol. The Kier molecular flexibility index (Phi) is 8.95. The van der Waals surface area contributed by atoms with Crippen LogP contribution < -0.4 is 0 Å². The molecule has 1 aliphatic heterocycles. The van der Waals surface area contributed by atoms with Crippen LogP contribution in [0.2, 0.25) is 0 Å². The third-order valence-corrected chi connectivity index (χ3v) is 5.25. The maximum absolute atomic E-state index is 12.3. The molecule has 1 fully saturated rings. The highest BCUT2D eigenvalue weighted by molar-refractivity contribution is 5.87. The topological polar surface area (TPSA) is 77.8 Å². The molecule has 1 heterocycles. The van der Waals surface area contributed by atoms with Crippen LogP contribution in [0, 0.1) is 17.8 Å². The van der Waals surface area contributed by atoms with Crippen LogP contribution >= 0.6 is 0 Å². The highest BCUT2D eigenvalue weighted by Crippen LogP contribution is 2.21. The Labute approximate surface area is 173 Å². The lowest BCUT2D eigenvalue weighted by atomic mass is 9.99. The van der Waals surface area contributed by atoms with Gasteiger partial charge in [0.25, 0.3) is 0 Å². The number of benzene rings is 1. The average molecular weight is 398 g/mol. The van der Waals surface area contributed by atoms with Crippen molar-refractivity contribution in [2.75, 3.05) is 6.54 Å². The number of aliphatic hydroxyl groups is 1. The van der Waals surface area contributed by atoms with E-state index in [0.717, 1.165) is 24.8 Å². The molecule has 1 saturated heterocycles. The zero-order valence-corrected chi connectivity index (χ0v) is 17.3. The molecule has 1 amide bonds. The zero-order chi connectivity index (χ0) is 21.2. The lowest BCUT2D eigenvalue weighted by Crippen LogP contribution is -2.34. The van der Waals surface area contributed by atoms with Crippen LogP contribution in [0.25, 0.3) is 0 Å². The van der Waals surface area contributed by atoms with Gasteiger partial charge in [-0.15, -0.1) is 11.8 Å². The molecule has 156 valence electrons. The third kappa shape index (κ3) is 7.07. The average Bonchev–Trinajstić information content (AvgIpc) is 3.07. The molecule has 1 aliphatic rings. The number of unbranched alkanes of at least 4 members (excludes halogenated alkanes) is 1. The van der Waals surface area contributed by atoms with E-state index in [-0.39, 0.29) is 23.4 Å². The van der Waals surface area contributed by atoms with Crippen LogP contribution in [0.4, 0.5) is 0 Å². The molecular formula is C24H31NO4. The minimum Gasteiger partial charge on any atom is -0.478 e. The summed E-state index contributed by atoms with van der Waals surface area (Å²) in [5.74, 6) is 5.44. The number of aliphatic hydroxyl groups excluding tert-OH is 1. The van der Waals surface area contributed by atoms with Crippen molar-refractivity contribution in [2.24, 2.45) is 5.92 Å². The summed E-state index contributed by atoms with van der Waals surface area (Å²) in [7, 11) is 0. The van der Waals surface area contributed by atoms with Gasteiger partial charge in [0.1, 0.15) is 0 Å². The normalized spacial score (nSPS) is 18.5. The van der Waals surface area contributed by atoms with Gasteiger partial charge < -0.3 is 15.1 Å². The number of likely N-dealkylation sites (tertiary alicyclic amines) is 1. The van der Waals surface area contributed by atoms with E-state index >= 15 is 0 Å². The highest BCUT2D eigenvalue weighted by atomic mass is 16.4. The molecule has 2 N–H and O–H groups in total. The zero-order valence-electron chi connectivity index (χ0n) is 17.3. The predicted octanol–water partition coefficient (Wildman–Crippen LogP) is 3.67. The number of carbonyl (C=O) groups is 2. The number of aromatic carboxylic acids is 1. The fraction of sp³-hybridized carbons (Fsp3) is 0.500. The van der Waals surface area contributed by atoms with E-state index < -0.39 is 12.1 Å². The maximum Gasteiger partial charge on any atom is 0.335 e. The molecule has 0 bridgehead atoms. The van der Waals surface area contributed by atoms with Crippen molar-refractivity contribution >= 4 is 11.9 Å². The Morgan fingerprint density at radius 2 is 2.03 bits per heavy atom. The Morgan fingerprint density at radius 1 is 1.31 bits per heavy atom. The molecule has 1 aromatic rings. The second-order valence-electron chi connectivity index (χ2n) is 7.61. The first-order chi connectivity index (χ1) is 13.9. The van der Waals surface area contributed by atoms with Gasteiger partial charge >= 0.3 is 5.97 Å². The summed E-state index contributed by atoms with van der Waals surface area (Å²) in [4.78, 5) is 25.1. The Hall–Kier alpha value is -2.58. The maximum atomic E-state index is 12.3. The van der Waals surface area contributed by atoms with E-state index in [1.54, 1.807) is 30.3 Å². The van der Waals surface area contributed by atoms with Gasteiger partial charge in [-0.1, -0.05) is 38.1 Å². The Balaban J connectivity index is 1.89. The van der Waals surface area contributed by atoms with Gasteiger partial charge in [0.2, 0.25) is 5.91 Å². The summed E-state index contributed by atoms with van der Waals surface area (Å²) in [5, 5.41) is 19.3. The minimum atomic E-state index is -0.944. The van der Waals surface area contributed by atoms with E-state index in [2.05, 4.69) is 18.8 Å². The summed E-state index contributed by atoms with van der Waals surface area (Å²) < 4.78 is 0. The first-order valence-corrected chi connectivity index (χ1v) is 10.4.